The molecule has 1 fully saturated rings. The van der Waals surface area contributed by atoms with Gasteiger partial charge in [0.15, 0.2) is 0 Å². The van der Waals surface area contributed by atoms with Crippen LogP contribution in [0.2, 0.25) is 0 Å². The third-order valence-corrected chi connectivity index (χ3v) is 4.23. The lowest BCUT2D eigenvalue weighted by Crippen LogP contribution is -2.43. The number of rotatable bonds is 2. The Morgan fingerprint density at radius 3 is 2.79 bits per heavy atom. The van der Waals surface area contributed by atoms with Crippen LogP contribution in [-0.4, -0.2) is 10.9 Å². The number of anilines is 1. The van der Waals surface area contributed by atoms with Gasteiger partial charge in [-0.3, -0.25) is 9.78 Å². The van der Waals surface area contributed by atoms with Crippen LogP contribution < -0.4 is 5.32 Å². The first kappa shape index (κ1) is 12.2. The Kier molecular flexibility index (Phi) is 2.77. The Labute approximate surface area is 113 Å². The summed E-state index contributed by atoms with van der Waals surface area (Å²) in [5.41, 5.74) is 1.79. The van der Waals surface area contributed by atoms with Crippen LogP contribution in [0.4, 0.5) is 5.69 Å². The fourth-order valence-corrected chi connectivity index (χ4v) is 2.78. The van der Waals surface area contributed by atoms with Gasteiger partial charge in [-0.05, 0) is 30.4 Å². The standard InChI is InChI=1S/C16H18N2O/c1-16(2)9-8-12(16)15(19)18-13-7-3-5-11-6-4-10-17-14(11)13/h3-7,10,12H,8-9H2,1-2H3,(H,18,19)/t12-/m1/s1. The summed E-state index contributed by atoms with van der Waals surface area (Å²) < 4.78 is 0. The summed E-state index contributed by atoms with van der Waals surface area (Å²) >= 11 is 0. The molecule has 3 nitrogen and oxygen atoms in total. The van der Waals surface area contributed by atoms with Crippen molar-refractivity contribution in [1.29, 1.82) is 0 Å². The van der Waals surface area contributed by atoms with Crippen molar-refractivity contribution in [2.24, 2.45) is 11.3 Å². The SMILES string of the molecule is CC1(C)CC[C@@H]1C(=O)Nc1cccc2cccnc12. The van der Waals surface area contributed by atoms with Gasteiger partial charge in [-0.2, -0.15) is 0 Å². The maximum Gasteiger partial charge on any atom is 0.228 e. The molecule has 0 aliphatic heterocycles. The predicted octanol–water partition coefficient (Wildman–Crippen LogP) is 3.61. The first-order valence-electron chi connectivity index (χ1n) is 6.72. The highest BCUT2D eigenvalue weighted by molar-refractivity contribution is 6.01. The first-order chi connectivity index (χ1) is 9.08. The summed E-state index contributed by atoms with van der Waals surface area (Å²) in [5.74, 6) is 0.237. The molecule has 1 aromatic heterocycles. The number of carbonyl (C=O) groups excluding carboxylic acids is 1. The number of para-hydroxylation sites is 1. The van der Waals surface area contributed by atoms with Gasteiger partial charge in [0.25, 0.3) is 0 Å². The van der Waals surface area contributed by atoms with E-state index in [-0.39, 0.29) is 17.2 Å². The van der Waals surface area contributed by atoms with Gasteiger partial charge < -0.3 is 5.32 Å². The summed E-state index contributed by atoms with van der Waals surface area (Å²) in [6.07, 6.45) is 3.86. The van der Waals surface area contributed by atoms with E-state index >= 15 is 0 Å². The minimum absolute atomic E-state index is 0.117. The van der Waals surface area contributed by atoms with Crippen LogP contribution in [0.5, 0.6) is 0 Å². The highest BCUT2D eigenvalue weighted by Crippen LogP contribution is 2.46. The van der Waals surface area contributed by atoms with Crippen LogP contribution in [0.15, 0.2) is 36.5 Å². The van der Waals surface area contributed by atoms with E-state index in [1.165, 1.54) is 0 Å². The van der Waals surface area contributed by atoms with Crippen LogP contribution in [0.3, 0.4) is 0 Å². The van der Waals surface area contributed by atoms with Crippen LogP contribution in [0.25, 0.3) is 10.9 Å². The van der Waals surface area contributed by atoms with E-state index in [4.69, 9.17) is 0 Å². The Morgan fingerprint density at radius 1 is 1.32 bits per heavy atom. The molecule has 19 heavy (non-hydrogen) atoms. The molecule has 0 radical (unpaired) electrons. The molecule has 1 N–H and O–H groups in total. The zero-order chi connectivity index (χ0) is 13.5. The molecule has 0 saturated heterocycles. The molecular formula is C16H18N2O. The van der Waals surface area contributed by atoms with Gasteiger partial charge in [0, 0.05) is 17.5 Å². The number of hydrogen-bond acceptors (Lipinski definition) is 2. The Balaban J connectivity index is 1.88. The van der Waals surface area contributed by atoms with Crippen LogP contribution in [0.1, 0.15) is 26.7 Å². The lowest BCUT2D eigenvalue weighted by Gasteiger charge is -2.43. The maximum atomic E-state index is 12.3. The molecule has 3 heteroatoms. The molecule has 1 aliphatic rings. The topological polar surface area (TPSA) is 42.0 Å². The second-order valence-corrected chi connectivity index (χ2v) is 5.95. The second kappa shape index (κ2) is 4.34. The molecule has 1 heterocycles. The molecule has 1 aromatic carbocycles. The van der Waals surface area contributed by atoms with Crippen LogP contribution >= 0.6 is 0 Å². The molecule has 98 valence electrons. The normalized spacial score (nSPS) is 20.8. The number of nitrogens with zero attached hydrogens (tertiary/aromatic N) is 1. The highest BCUT2D eigenvalue weighted by atomic mass is 16.2. The van der Waals surface area contributed by atoms with Gasteiger partial charge in [-0.25, -0.2) is 0 Å². The largest absolute Gasteiger partial charge is 0.324 e. The number of nitrogens with one attached hydrogen (secondary N) is 1. The fraction of sp³-hybridized carbons (Fsp3) is 0.375. The van der Waals surface area contributed by atoms with Crippen molar-refractivity contribution in [2.75, 3.05) is 5.32 Å². The van der Waals surface area contributed by atoms with Crippen molar-refractivity contribution >= 4 is 22.5 Å². The summed E-state index contributed by atoms with van der Waals surface area (Å²) in [4.78, 5) is 16.7. The molecule has 1 atom stereocenters. The zero-order valence-electron chi connectivity index (χ0n) is 11.3. The molecule has 3 rings (SSSR count). The molecule has 0 spiro atoms. The average molecular weight is 254 g/mol. The minimum atomic E-state index is 0.117. The summed E-state index contributed by atoms with van der Waals surface area (Å²) in [7, 11) is 0. The van der Waals surface area contributed by atoms with E-state index in [1.54, 1.807) is 6.20 Å². The third-order valence-electron chi connectivity index (χ3n) is 4.23. The minimum Gasteiger partial charge on any atom is -0.324 e. The van der Waals surface area contributed by atoms with Gasteiger partial charge in [-0.15, -0.1) is 0 Å². The van der Waals surface area contributed by atoms with Crippen molar-refractivity contribution in [3.05, 3.63) is 36.5 Å². The number of aromatic nitrogens is 1. The van der Waals surface area contributed by atoms with Gasteiger partial charge >= 0.3 is 0 Å². The summed E-state index contributed by atoms with van der Waals surface area (Å²) in [6, 6.07) is 9.78. The lowest BCUT2D eigenvalue weighted by atomic mass is 9.62. The van der Waals surface area contributed by atoms with Crippen LogP contribution in [0, 0.1) is 11.3 Å². The van der Waals surface area contributed by atoms with Gasteiger partial charge in [0.2, 0.25) is 5.91 Å². The molecule has 1 saturated carbocycles. The number of amides is 1. The third kappa shape index (κ3) is 2.09. The van der Waals surface area contributed by atoms with E-state index in [2.05, 4.69) is 24.1 Å². The molecule has 1 aliphatic carbocycles. The van der Waals surface area contributed by atoms with Crippen molar-refractivity contribution in [3.63, 3.8) is 0 Å². The number of pyridine rings is 1. The average Bonchev–Trinajstić information content (AvgIpc) is 2.38. The Morgan fingerprint density at radius 2 is 2.11 bits per heavy atom. The van der Waals surface area contributed by atoms with Gasteiger partial charge in [0.1, 0.15) is 0 Å². The monoisotopic (exact) mass is 254 g/mol. The molecular weight excluding hydrogens is 236 g/mol. The Hall–Kier alpha value is -1.90. The van der Waals surface area contributed by atoms with Crippen molar-refractivity contribution in [1.82, 2.24) is 4.98 Å². The van der Waals surface area contributed by atoms with E-state index in [1.807, 2.05) is 30.3 Å². The first-order valence-corrected chi connectivity index (χ1v) is 6.72. The Bertz CT molecular complexity index is 628. The molecule has 1 amide bonds. The summed E-state index contributed by atoms with van der Waals surface area (Å²) in [6.45, 7) is 4.31. The molecule has 0 bridgehead atoms. The molecule has 0 unspecified atom stereocenters. The van der Waals surface area contributed by atoms with E-state index in [0.717, 1.165) is 29.4 Å². The van der Waals surface area contributed by atoms with E-state index in [9.17, 15) is 4.79 Å². The van der Waals surface area contributed by atoms with E-state index in [0.29, 0.717) is 0 Å². The smallest absolute Gasteiger partial charge is 0.228 e. The van der Waals surface area contributed by atoms with Crippen molar-refractivity contribution < 1.29 is 4.79 Å². The van der Waals surface area contributed by atoms with E-state index < -0.39 is 0 Å². The number of hydrogen-bond donors (Lipinski definition) is 1. The fourth-order valence-electron chi connectivity index (χ4n) is 2.78. The predicted molar refractivity (Wildman–Crippen MR) is 76.9 cm³/mol. The highest BCUT2D eigenvalue weighted by Gasteiger charge is 2.43. The maximum absolute atomic E-state index is 12.3. The lowest BCUT2D eigenvalue weighted by molar-refractivity contribution is -0.128. The number of benzene rings is 1. The molecule has 2 aromatic rings. The van der Waals surface area contributed by atoms with Crippen molar-refractivity contribution in [3.8, 4) is 0 Å². The van der Waals surface area contributed by atoms with Crippen LogP contribution in [-0.2, 0) is 4.79 Å². The quantitative estimate of drug-likeness (QED) is 0.889. The van der Waals surface area contributed by atoms with Crippen molar-refractivity contribution in [2.45, 2.75) is 26.7 Å². The van der Waals surface area contributed by atoms with Gasteiger partial charge in [0.05, 0.1) is 11.2 Å². The number of carbonyl (C=O) groups is 1. The zero-order valence-corrected chi connectivity index (χ0v) is 11.3. The number of fused-ring (bicyclic) bond motifs is 1. The van der Waals surface area contributed by atoms with Gasteiger partial charge in [-0.1, -0.05) is 32.0 Å². The second-order valence-electron chi connectivity index (χ2n) is 5.95. The summed E-state index contributed by atoms with van der Waals surface area (Å²) in [5, 5.41) is 4.09.